The minimum absolute atomic E-state index is 0.0226. The van der Waals surface area contributed by atoms with Crippen LogP contribution in [0.15, 0.2) is 45.2 Å². The first-order valence-electron chi connectivity index (χ1n) is 7.12. The molecule has 0 radical (unpaired) electrons. The van der Waals surface area contributed by atoms with Gasteiger partial charge in [0.15, 0.2) is 5.11 Å². The number of nitrogens with zero attached hydrogens (tertiary/aromatic N) is 2. The van der Waals surface area contributed by atoms with Crippen molar-refractivity contribution in [2.45, 2.75) is 13.8 Å². The molecule has 0 spiro atoms. The molecule has 0 unspecified atom stereocenters. The lowest BCUT2D eigenvalue weighted by molar-refractivity contribution is 0.340. The molecule has 0 saturated carbocycles. The van der Waals surface area contributed by atoms with Crippen molar-refractivity contribution in [3.63, 3.8) is 0 Å². The summed E-state index contributed by atoms with van der Waals surface area (Å²) in [5.41, 5.74) is 7.62. The van der Waals surface area contributed by atoms with Crippen molar-refractivity contribution in [2.24, 2.45) is 10.8 Å². The summed E-state index contributed by atoms with van der Waals surface area (Å²) < 4.78 is 6.37. The van der Waals surface area contributed by atoms with Crippen LogP contribution < -0.4 is 27.1 Å². The number of thiocarbonyl (C=S) groups is 1. The number of benzene rings is 1. The van der Waals surface area contributed by atoms with Crippen molar-refractivity contribution in [3.8, 4) is 11.4 Å². The van der Waals surface area contributed by atoms with Crippen LogP contribution in [-0.4, -0.2) is 27.0 Å². The standard InChI is InChI=1S/C15H17N5O3S/c1-3-23-11-6-4-10(5-7-11)20-13(21)12(8-17-15(20)22)9(2)18-19-14(16)24/h4-8H,3H2,1-2H3,(H,17,22)(H3,16,19,24)/b18-9+. The van der Waals surface area contributed by atoms with Crippen LogP contribution in [0.4, 0.5) is 0 Å². The number of hydrogen-bond acceptors (Lipinski definition) is 5. The number of aromatic amines is 1. The van der Waals surface area contributed by atoms with Gasteiger partial charge in [-0.1, -0.05) is 0 Å². The fourth-order valence-electron chi connectivity index (χ4n) is 2.02. The van der Waals surface area contributed by atoms with Gasteiger partial charge in [-0.05, 0) is 50.3 Å². The number of rotatable bonds is 5. The van der Waals surface area contributed by atoms with E-state index in [0.717, 1.165) is 4.57 Å². The molecule has 1 aromatic carbocycles. The second-order valence-corrected chi connectivity index (χ2v) is 5.19. The summed E-state index contributed by atoms with van der Waals surface area (Å²) in [4.78, 5) is 27.2. The van der Waals surface area contributed by atoms with Gasteiger partial charge in [0.25, 0.3) is 5.56 Å². The molecule has 2 rings (SSSR count). The highest BCUT2D eigenvalue weighted by Gasteiger charge is 2.12. The van der Waals surface area contributed by atoms with E-state index in [4.69, 9.17) is 10.5 Å². The third-order valence-electron chi connectivity index (χ3n) is 3.11. The van der Waals surface area contributed by atoms with E-state index in [1.807, 2.05) is 6.92 Å². The molecule has 4 N–H and O–H groups in total. The molecule has 1 heterocycles. The lowest BCUT2D eigenvalue weighted by atomic mass is 10.2. The third kappa shape index (κ3) is 3.87. The average molecular weight is 347 g/mol. The maximum Gasteiger partial charge on any atom is 0.333 e. The number of ether oxygens (including phenoxy) is 1. The normalized spacial score (nSPS) is 11.2. The summed E-state index contributed by atoms with van der Waals surface area (Å²) >= 11 is 4.66. The van der Waals surface area contributed by atoms with E-state index >= 15 is 0 Å². The fourth-order valence-corrected chi connectivity index (χ4v) is 2.07. The van der Waals surface area contributed by atoms with Crippen LogP contribution >= 0.6 is 12.2 Å². The molecule has 0 aliphatic rings. The number of H-pyrrole nitrogens is 1. The number of nitrogens with one attached hydrogen (secondary N) is 2. The molecule has 0 saturated heterocycles. The maximum absolute atomic E-state index is 12.6. The van der Waals surface area contributed by atoms with E-state index in [9.17, 15) is 9.59 Å². The van der Waals surface area contributed by atoms with Gasteiger partial charge in [0.1, 0.15) is 5.75 Å². The van der Waals surface area contributed by atoms with Crippen LogP contribution in [0.25, 0.3) is 5.69 Å². The highest BCUT2D eigenvalue weighted by atomic mass is 32.1. The van der Waals surface area contributed by atoms with Gasteiger partial charge in [-0.3, -0.25) is 10.2 Å². The second kappa shape index (κ2) is 7.55. The van der Waals surface area contributed by atoms with Crippen LogP contribution in [0.5, 0.6) is 5.75 Å². The van der Waals surface area contributed by atoms with E-state index in [-0.39, 0.29) is 10.7 Å². The van der Waals surface area contributed by atoms with Gasteiger partial charge in [-0.2, -0.15) is 5.10 Å². The highest BCUT2D eigenvalue weighted by molar-refractivity contribution is 7.80. The Bertz CT molecular complexity index is 883. The summed E-state index contributed by atoms with van der Waals surface area (Å²) in [7, 11) is 0. The Morgan fingerprint density at radius 3 is 2.62 bits per heavy atom. The molecule has 24 heavy (non-hydrogen) atoms. The predicted octanol–water partition coefficient (Wildman–Crippen LogP) is 0.482. The molecule has 0 bridgehead atoms. The number of aromatic nitrogens is 2. The summed E-state index contributed by atoms with van der Waals surface area (Å²) in [5.74, 6) is 0.653. The van der Waals surface area contributed by atoms with Crippen molar-refractivity contribution < 1.29 is 4.74 Å². The van der Waals surface area contributed by atoms with E-state index < -0.39 is 11.2 Å². The SMILES string of the molecule is CCOc1ccc(-n2c(=O)[nH]cc(/C(C)=N/NC(N)=S)c2=O)cc1. The first-order chi connectivity index (χ1) is 11.4. The number of hydrogen-bond donors (Lipinski definition) is 3. The summed E-state index contributed by atoms with van der Waals surface area (Å²) in [5, 5.41) is 3.88. The topological polar surface area (TPSA) is 114 Å². The largest absolute Gasteiger partial charge is 0.494 e. The Kier molecular flexibility index (Phi) is 5.48. The zero-order chi connectivity index (χ0) is 17.7. The van der Waals surface area contributed by atoms with Crippen LogP contribution in [-0.2, 0) is 0 Å². The van der Waals surface area contributed by atoms with Gasteiger partial charge in [0.05, 0.1) is 23.6 Å². The molecule has 1 aromatic heterocycles. The summed E-state index contributed by atoms with van der Waals surface area (Å²) in [6.07, 6.45) is 1.30. The molecule has 0 aliphatic carbocycles. The van der Waals surface area contributed by atoms with Gasteiger partial charge in [-0.25, -0.2) is 9.36 Å². The van der Waals surface area contributed by atoms with Crippen molar-refractivity contribution in [3.05, 3.63) is 56.9 Å². The van der Waals surface area contributed by atoms with Gasteiger partial charge in [0.2, 0.25) is 0 Å². The molecule has 2 aromatic rings. The Labute approximate surface area is 143 Å². The van der Waals surface area contributed by atoms with Crippen LogP contribution in [0.1, 0.15) is 19.4 Å². The number of nitrogens with two attached hydrogens (primary N) is 1. The van der Waals surface area contributed by atoms with Gasteiger partial charge < -0.3 is 15.5 Å². The van der Waals surface area contributed by atoms with Gasteiger partial charge in [-0.15, -0.1) is 0 Å². The molecule has 0 atom stereocenters. The van der Waals surface area contributed by atoms with Crippen LogP contribution in [0, 0.1) is 0 Å². The second-order valence-electron chi connectivity index (χ2n) is 4.75. The van der Waals surface area contributed by atoms with Gasteiger partial charge >= 0.3 is 5.69 Å². The van der Waals surface area contributed by atoms with E-state index in [2.05, 4.69) is 27.7 Å². The van der Waals surface area contributed by atoms with E-state index in [0.29, 0.717) is 23.8 Å². The van der Waals surface area contributed by atoms with Crippen LogP contribution in [0.3, 0.4) is 0 Å². The van der Waals surface area contributed by atoms with Crippen LogP contribution in [0.2, 0.25) is 0 Å². The molecule has 0 fully saturated rings. The minimum atomic E-state index is -0.553. The Hall–Kier alpha value is -2.94. The number of hydrazone groups is 1. The fraction of sp³-hybridized carbons (Fsp3) is 0.200. The Morgan fingerprint density at radius 2 is 2.04 bits per heavy atom. The van der Waals surface area contributed by atoms with E-state index in [1.165, 1.54) is 6.20 Å². The smallest absolute Gasteiger partial charge is 0.333 e. The zero-order valence-corrected chi connectivity index (χ0v) is 14.0. The van der Waals surface area contributed by atoms with Crippen molar-refractivity contribution >= 4 is 23.0 Å². The quantitative estimate of drug-likeness (QED) is 0.412. The summed E-state index contributed by atoms with van der Waals surface area (Å²) in [6.45, 7) is 4.00. The minimum Gasteiger partial charge on any atom is -0.494 e. The molecular formula is C15H17N5O3S. The Balaban J connectivity index is 2.49. The molecule has 8 nitrogen and oxygen atoms in total. The maximum atomic E-state index is 12.6. The zero-order valence-electron chi connectivity index (χ0n) is 13.2. The lowest BCUT2D eigenvalue weighted by Crippen LogP contribution is -2.37. The molecule has 126 valence electrons. The lowest BCUT2D eigenvalue weighted by Gasteiger charge is -2.08. The molecular weight excluding hydrogens is 330 g/mol. The van der Waals surface area contributed by atoms with Gasteiger partial charge in [0, 0.05) is 6.20 Å². The summed E-state index contributed by atoms with van der Waals surface area (Å²) in [6, 6.07) is 6.63. The highest BCUT2D eigenvalue weighted by Crippen LogP contribution is 2.13. The molecule has 0 amide bonds. The van der Waals surface area contributed by atoms with Crippen molar-refractivity contribution in [1.82, 2.24) is 15.0 Å². The van der Waals surface area contributed by atoms with Crippen molar-refractivity contribution in [2.75, 3.05) is 6.61 Å². The van der Waals surface area contributed by atoms with E-state index in [1.54, 1.807) is 31.2 Å². The monoisotopic (exact) mass is 347 g/mol. The van der Waals surface area contributed by atoms with Crippen molar-refractivity contribution in [1.29, 1.82) is 0 Å². The molecule has 9 heteroatoms. The molecule has 0 aliphatic heterocycles. The first kappa shape index (κ1) is 17.4. The average Bonchev–Trinajstić information content (AvgIpc) is 2.54. The first-order valence-corrected chi connectivity index (χ1v) is 7.53. The Morgan fingerprint density at radius 1 is 1.38 bits per heavy atom. The predicted molar refractivity (Wildman–Crippen MR) is 96.0 cm³/mol. The third-order valence-corrected chi connectivity index (χ3v) is 3.20.